The molecular formula is C18H28N6O3. The molecule has 9 heteroatoms. The largest absolute Gasteiger partial charge is 0.350 e. The van der Waals surface area contributed by atoms with Crippen molar-refractivity contribution >= 4 is 17.8 Å². The highest BCUT2D eigenvalue weighted by Crippen LogP contribution is 2.15. The Balaban J connectivity index is 1.47. The third kappa shape index (κ3) is 5.29. The Morgan fingerprint density at radius 3 is 2.89 bits per heavy atom. The third-order valence-electron chi connectivity index (χ3n) is 4.75. The Hall–Kier alpha value is -2.42. The van der Waals surface area contributed by atoms with E-state index in [1.54, 1.807) is 0 Å². The molecule has 2 aliphatic heterocycles. The quantitative estimate of drug-likeness (QED) is 0.595. The van der Waals surface area contributed by atoms with E-state index in [1.807, 2.05) is 4.68 Å². The van der Waals surface area contributed by atoms with Gasteiger partial charge in [-0.15, -0.1) is 0 Å². The van der Waals surface area contributed by atoms with Crippen molar-refractivity contribution < 1.29 is 14.4 Å². The molecule has 0 radical (unpaired) electrons. The first-order valence-corrected chi connectivity index (χ1v) is 9.56. The van der Waals surface area contributed by atoms with Gasteiger partial charge in [-0.2, -0.15) is 5.10 Å². The van der Waals surface area contributed by atoms with Crippen LogP contribution in [0.25, 0.3) is 0 Å². The fraction of sp³-hybridized carbons (Fsp3) is 0.667. The van der Waals surface area contributed by atoms with Crippen LogP contribution in [-0.2, 0) is 29.2 Å². The molecule has 0 unspecified atom stereocenters. The minimum Gasteiger partial charge on any atom is -0.350 e. The summed E-state index contributed by atoms with van der Waals surface area (Å²) in [6.07, 6.45) is 1.53. The van der Waals surface area contributed by atoms with Gasteiger partial charge in [0.15, 0.2) is 0 Å². The summed E-state index contributed by atoms with van der Waals surface area (Å²) in [5.74, 6) is 0.0927. The van der Waals surface area contributed by atoms with Gasteiger partial charge in [-0.3, -0.25) is 24.5 Å². The second kappa shape index (κ2) is 8.51. The molecular weight excluding hydrogens is 348 g/mol. The molecule has 0 aliphatic carbocycles. The Morgan fingerprint density at radius 1 is 1.37 bits per heavy atom. The minimum atomic E-state index is -0.626. The Kier molecular flexibility index (Phi) is 6.10. The van der Waals surface area contributed by atoms with Crippen LogP contribution in [0.4, 0.5) is 4.79 Å². The van der Waals surface area contributed by atoms with E-state index in [2.05, 4.69) is 45.9 Å². The second-order valence-electron chi connectivity index (χ2n) is 7.66. The standard InChI is InChI=1S/C18H28N6O3/c1-12(2)10-23-6-3-7-24-14(11-23)8-13(22-24)9-19-16(25)5-4-15-17(26)21-18(27)20-15/h8,12,15H,3-7,9-11H2,1-2H3,(H,19,25)(H2,20,21,26,27)/t15-/m1/s1. The van der Waals surface area contributed by atoms with Crippen molar-refractivity contribution in [2.45, 2.75) is 58.8 Å². The van der Waals surface area contributed by atoms with E-state index in [1.165, 1.54) is 5.69 Å². The molecule has 1 aromatic heterocycles. The summed E-state index contributed by atoms with van der Waals surface area (Å²) < 4.78 is 2.04. The summed E-state index contributed by atoms with van der Waals surface area (Å²) in [4.78, 5) is 37.0. The first-order valence-electron chi connectivity index (χ1n) is 9.56. The molecule has 0 aromatic carbocycles. The first-order chi connectivity index (χ1) is 12.9. The van der Waals surface area contributed by atoms with Gasteiger partial charge in [-0.1, -0.05) is 13.8 Å². The van der Waals surface area contributed by atoms with Crippen LogP contribution in [0.5, 0.6) is 0 Å². The van der Waals surface area contributed by atoms with Crippen molar-refractivity contribution in [2.75, 3.05) is 13.1 Å². The van der Waals surface area contributed by atoms with Crippen molar-refractivity contribution in [2.24, 2.45) is 5.92 Å². The van der Waals surface area contributed by atoms with Gasteiger partial charge in [0.1, 0.15) is 6.04 Å². The molecule has 1 saturated heterocycles. The molecule has 3 N–H and O–H groups in total. The van der Waals surface area contributed by atoms with Crippen LogP contribution in [0.15, 0.2) is 6.07 Å². The lowest BCUT2D eigenvalue weighted by atomic mass is 10.1. The van der Waals surface area contributed by atoms with Crippen LogP contribution < -0.4 is 16.0 Å². The maximum Gasteiger partial charge on any atom is 0.322 e. The number of rotatable bonds is 7. The fourth-order valence-electron chi connectivity index (χ4n) is 3.56. The minimum absolute atomic E-state index is 0.159. The SMILES string of the molecule is CC(C)CN1CCCn2nc(CNC(=O)CC[C@H]3NC(=O)NC3=O)cc2C1. The number of hydrogen-bond donors (Lipinski definition) is 3. The number of nitrogens with zero attached hydrogens (tertiary/aromatic N) is 3. The molecule has 27 heavy (non-hydrogen) atoms. The van der Waals surface area contributed by atoms with Gasteiger partial charge in [-0.25, -0.2) is 4.79 Å². The van der Waals surface area contributed by atoms with Gasteiger partial charge >= 0.3 is 6.03 Å². The van der Waals surface area contributed by atoms with Crippen molar-refractivity contribution in [3.8, 4) is 0 Å². The Bertz CT molecular complexity index is 714. The van der Waals surface area contributed by atoms with Crippen molar-refractivity contribution in [3.63, 3.8) is 0 Å². The zero-order chi connectivity index (χ0) is 19.4. The summed E-state index contributed by atoms with van der Waals surface area (Å²) in [6, 6.07) is 0.930. The lowest BCUT2D eigenvalue weighted by Gasteiger charge is -2.21. The number of imide groups is 1. The van der Waals surface area contributed by atoms with Crippen molar-refractivity contribution in [1.29, 1.82) is 0 Å². The van der Waals surface area contributed by atoms with Crippen LogP contribution in [0.2, 0.25) is 0 Å². The number of amides is 4. The molecule has 2 aliphatic rings. The van der Waals surface area contributed by atoms with Crippen LogP contribution in [0.3, 0.4) is 0 Å². The highest BCUT2D eigenvalue weighted by atomic mass is 16.2. The number of aryl methyl sites for hydroxylation is 1. The lowest BCUT2D eigenvalue weighted by molar-refractivity contribution is -0.122. The van der Waals surface area contributed by atoms with E-state index in [4.69, 9.17) is 0 Å². The molecule has 0 saturated carbocycles. The van der Waals surface area contributed by atoms with E-state index in [-0.39, 0.29) is 24.7 Å². The molecule has 1 aromatic rings. The smallest absolute Gasteiger partial charge is 0.322 e. The number of aromatic nitrogens is 2. The number of nitrogens with one attached hydrogen (secondary N) is 3. The number of fused-ring (bicyclic) bond motifs is 1. The summed E-state index contributed by atoms with van der Waals surface area (Å²) >= 11 is 0. The summed E-state index contributed by atoms with van der Waals surface area (Å²) in [7, 11) is 0. The first kappa shape index (κ1) is 19.3. The maximum atomic E-state index is 12.0. The highest BCUT2D eigenvalue weighted by Gasteiger charge is 2.29. The van der Waals surface area contributed by atoms with Crippen LogP contribution in [-0.4, -0.2) is 51.7 Å². The highest BCUT2D eigenvalue weighted by molar-refractivity contribution is 6.04. The zero-order valence-corrected chi connectivity index (χ0v) is 16.0. The third-order valence-corrected chi connectivity index (χ3v) is 4.75. The topological polar surface area (TPSA) is 108 Å². The zero-order valence-electron chi connectivity index (χ0n) is 16.0. The van der Waals surface area contributed by atoms with Crippen LogP contribution in [0, 0.1) is 5.92 Å². The van der Waals surface area contributed by atoms with Gasteiger partial charge in [-0.05, 0) is 24.8 Å². The van der Waals surface area contributed by atoms with Gasteiger partial charge < -0.3 is 10.6 Å². The van der Waals surface area contributed by atoms with Gasteiger partial charge in [0, 0.05) is 32.6 Å². The van der Waals surface area contributed by atoms with E-state index in [0.29, 0.717) is 12.5 Å². The molecule has 4 amide bonds. The van der Waals surface area contributed by atoms with Crippen molar-refractivity contribution in [3.05, 3.63) is 17.5 Å². The lowest BCUT2D eigenvalue weighted by Crippen LogP contribution is -2.31. The molecule has 0 spiro atoms. The number of urea groups is 1. The Labute approximate surface area is 158 Å². The summed E-state index contributed by atoms with van der Waals surface area (Å²) in [5.41, 5.74) is 2.03. The molecule has 3 heterocycles. The fourth-order valence-corrected chi connectivity index (χ4v) is 3.56. The summed E-state index contributed by atoms with van der Waals surface area (Å²) in [5, 5.41) is 12.1. The van der Waals surface area contributed by atoms with Gasteiger partial charge in [0.25, 0.3) is 5.91 Å². The molecule has 3 rings (SSSR count). The summed E-state index contributed by atoms with van der Waals surface area (Å²) in [6.45, 7) is 8.76. The van der Waals surface area contributed by atoms with Crippen LogP contribution >= 0.6 is 0 Å². The Morgan fingerprint density at radius 2 is 2.19 bits per heavy atom. The number of hydrogen-bond acceptors (Lipinski definition) is 5. The second-order valence-corrected chi connectivity index (χ2v) is 7.66. The number of carbonyl (C=O) groups is 3. The van der Waals surface area contributed by atoms with Crippen molar-refractivity contribution in [1.82, 2.24) is 30.6 Å². The number of carbonyl (C=O) groups excluding carboxylic acids is 3. The predicted molar refractivity (Wildman–Crippen MR) is 98.5 cm³/mol. The molecule has 148 valence electrons. The average molecular weight is 376 g/mol. The van der Waals surface area contributed by atoms with Crippen LogP contribution in [0.1, 0.15) is 44.5 Å². The molecule has 1 fully saturated rings. The van der Waals surface area contributed by atoms with E-state index in [0.717, 1.165) is 38.3 Å². The monoisotopic (exact) mass is 376 g/mol. The molecule has 1 atom stereocenters. The molecule has 0 bridgehead atoms. The molecule has 9 nitrogen and oxygen atoms in total. The average Bonchev–Trinajstić information content (AvgIpc) is 3.06. The van der Waals surface area contributed by atoms with Gasteiger partial charge in [0.05, 0.1) is 17.9 Å². The van der Waals surface area contributed by atoms with E-state index >= 15 is 0 Å². The van der Waals surface area contributed by atoms with E-state index in [9.17, 15) is 14.4 Å². The van der Waals surface area contributed by atoms with E-state index < -0.39 is 12.1 Å². The van der Waals surface area contributed by atoms with Gasteiger partial charge in [0.2, 0.25) is 5.91 Å². The maximum absolute atomic E-state index is 12.0. The predicted octanol–water partition coefficient (Wildman–Crippen LogP) is 0.349. The normalized spacial score (nSPS) is 20.2.